The summed E-state index contributed by atoms with van der Waals surface area (Å²) in [6, 6.07) is 8.99. The van der Waals surface area contributed by atoms with Gasteiger partial charge in [-0.05, 0) is 12.5 Å². The second-order valence-electron chi connectivity index (χ2n) is 5.75. The Bertz CT molecular complexity index is 518. The lowest BCUT2D eigenvalue weighted by atomic mass is 9.91. The predicted molar refractivity (Wildman–Crippen MR) is 91.6 cm³/mol. The molecule has 2 N–H and O–H groups in total. The van der Waals surface area contributed by atoms with Gasteiger partial charge in [-0.15, -0.1) is 24.8 Å². The molecule has 1 heterocycles. The molecule has 0 aromatic heterocycles. The van der Waals surface area contributed by atoms with Crippen LogP contribution >= 0.6 is 24.8 Å². The van der Waals surface area contributed by atoms with Gasteiger partial charge in [0.1, 0.15) is 5.54 Å². The minimum Gasteiger partial charge on any atom is -0.338 e. The molecule has 1 aromatic carbocycles. The first-order valence-electron chi connectivity index (χ1n) is 7.13. The summed E-state index contributed by atoms with van der Waals surface area (Å²) in [5.74, 6) is -0.259. The molecule has 1 saturated heterocycles. The molecule has 24 heavy (non-hydrogen) atoms. The SMILES string of the molecule is CC(N)(C(=O)N1CCN(CC(F)(F)F)CC1)c1ccccc1.Cl.Cl. The number of carbonyl (C=O) groups is 1. The van der Waals surface area contributed by atoms with Crippen LogP contribution in [0.3, 0.4) is 0 Å². The second-order valence-corrected chi connectivity index (χ2v) is 5.75. The Labute approximate surface area is 152 Å². The fraction of sp³-hybridized carbons (Fsp3) is 0.533. The van der Waals surface area contributed by atoms with Gasteiger partial charge in [0, 0.05) is 26.2 Å². The van der Waals surface area contributed by atoms with E-state index in [1.54, 1.807) is 36.1 Å². The average Bonchev–Trinajstić information content (AvgIpc) is 2.46. The van der Waals surface area contributed by atoms with E-state index < -0.39 is 18.3 Å². The van der Waals surface area contributed by atoms with Gasteiger partial charge in [0.05, 0.1) is 6.54 Å². The molecular formula is C15H22Cl2F3N3O. The number of rotatable bonds is 3. The van der Waals surface area contributed by atoms with Crippen molar-refractivity contribution >= 4 is 30.7 Å². The first-order valence-corrected chi connectivity index (χ1v) is 7.13. The van der Waals surface area contributed by atoms with E-state index >= 15 is 0 Å². The Morgan fingerprint density at radius 1 is 1.08 bits per heavy atom. The lowest BCUT2D eigenvalue weighted by molar-refractivity contribution is -0.153. The zero-order chi connectivity index (χ0) is 16.4. The van der Waals surface area contributed by atoms with Crippen LogP contribution < -0.4 is 5.73 Å². The van der Waals surface area contributed by atoms with Crippen LogP contribution in [0.15, 0.2) is 30.3 Å². The molecule has 1 amide bonds. The highest BCUT2D eigenvalue weighted by Gasteiger charge is 2.37. The van der Waals surface area contributed by atoms with E-state index in [0.717, 1.165) is 0 Å². The fourth-order valence-electron chi connectivity index (χ4n) is 2.60. The molecule has 1 aliphatic rings. The third-order valence-electron chi connectivity index (χ3n) is 3.88. The van der Waals surface area contributed by atoms with E-state index in [4.69, 9.17) is 5.73 Å². The summed E-state index contributed by atoms with van der Waals surface area (Å²) in [5, 5.41) is 0. The minimum absolute atomic E-state index is 0. The van der Waals surface area contributed by atoms with Crippen molar-refractivity contribution in [3.8, 4) is 0 Å². The number of halogens is 5. The summed E-state index contributed by atoms with van der Waals surface area (Å²) in [5.41, 5.74) is 5.68. The zero-order valence-corrected chi connectivity index (χ0v) is 14.9. The zero-order valence-electron chi connectivity index (χ0n) is 13.3. The first kappa shape index (κ1) is 23.0. The second kappa shape index (κ2) is 8.89. The highest BCUT2D eigenvalue weighted by molar-refractivity contribution is 5.87. The molecule has 0 aliphatic carbocycles. The van der Waals surface area contributed by atoms with Gasteiger partial charge in [-0.3, -0.25) is 9.69 Å². The number of amides is 1. The smallest absolute Gasteiger partial charge is 0.338 e. The van der Waals surface area contributed by atoms with Crippen molar-refractivity contribution in [3.63, 3.8) is 0 Å². The fourth-order valence-corrected chi connectivity index (χ4v) is 2.60. The van der Waals surface area contributed by atoms with Crippen LogP contribution in [0.1, 0.15) is 12.5 Å². The van der Waals surface area contributed by atoms with Crippen molar-refractivity contribution in [3.05, 3.63) is 35.9 Å². The molecule has 9 heteroatoms. The van der Waals surface area contributed by atoms with Crippen molar-refractivity contribution in [2.75, 3.05) is 32.7 Å². The summed E-state index contributed by atoms with van der Waals surface area (Å²) >= 11 is 0. The highest BCUT2D eigenvalue weighted by atomic mass is 35.5. The number of alkyl halides is 3. The number of nitrogens with zero attached hydrogens (tertiary/aromatic N) is 2. The third kappa shape index (κ3) is 5.81. The quantitative estimate of drug-likeness (QED) is 0.866. The number of carbonyl (C=O) groups excluding carboxylic acids is 1. The largest absolute Gasteiger partial charge is 0.401 e. The lowest BCUT2D eigenvalue weighted by Crippen LogP contribution is -2.57. The summed E-state index contributed by atoms with van der Waals surface area (Å²) in [4.78, 5) is 15.4. The number of hydrogen-bond donors (Lipinski definition) is 1. The number of benzene rings is 1. The van der Waals surface area contributed by atoms with Crippen LogP contribution in [-0.4, -0.2) is 54.6 Å². The van der Waals surface area contributed by atoms with E-state index in [2.05, 4.69) is 0 Å². The summed E-state index contributed by atoms with van der Waals surface area (Å²) < 4.78 is 37.1. The molecule has 138 valence electrons. The highest BCUT2D eigenvalue weighted by Crippen LogP contribution is 2.22. The van der Waals surface area contributed by atoms with Crippen molar-refractivity contribution in [2.24, 2.45) is 5.73 Å². The van der Waals surface area contributed by atoms with Crippen molar-refractivity contribution in [2.45, 2.75) is 18.6 Å². The van der Waals surface area contributed by atoms with Crippen molar-refractivity contribution < 1.29 is 18.0 Å². The maximum atomic E-state index is 12.6. The molecule has 1 aliphatic heterocycles. The number of hydrogen-bond acceptors (Lipinski definition) is 3. The normalized spacial score (nSPS) is 18.1. The van der Waals surface area contributed by atoms with Crippen LogP contribution in [-0.2, 0) is 10.3 Å². The lowest BCUT2D eigenvalue weighted by Gasteiger charge is -2.38. The van der Waals surface area contributed by atoms with Gasteiger partial charge in [-0.1, -0.05) is 30.3 Å². The summed E-state index contributed by atoms with van der Waals surface area (Å²) in [6.07, 6.45) is -4.21. The molecular weight excluding hydrogens is 366 g/mol. The van der Waals surface area contributed by atoms with Crippen molar-refractivity contribution in [1.82, 2.24) is 9.80 Å². The summed E-state index contributed by atoms with van der Waals surface area (Å²) in [7, 11) is 0. The van der Waals surface area contributed by atoms with Gasteiger partial charge in [-0.25, -0.2) is 0 Å². The minimum atomic E-state index is -4.21. The molecule has 4 nitrogen and oxygen atoms in total. The van der Waals surface area contributed by atoms with Crippen LogP contribution in [0.2, 0.25) is 0 Å². The van der Waals surface area contributed by atoms with E-state index in [0.29, 0.717) is 5.56 Å². The van der Waals surface area contributed by atoms with E-state index in [-0.39, 0.29) is 56.9 Å². The molecule has 0 bridgehead atoms. The van der Waals surface area contributed by atoms with Crippen LogP contribution in [0, 0.1) is 0 Å². The number of piperazine rings is 1. The maximum Gasteiger partial charge on any atom is 0.401 e. The Balaban J connectivity index is 0.00000264. The topological polar surface area (TPSA) is 49.6 Å². The third-order valence-corrected chi connectivity index (χ3v) is 3.88. The molecule has 1 aromatic rings. The van der Waals surface area contributed by atoms with Gasteiger partial charge in [-0.2, -0.15) is 13.2 Å². The van der Waals surface area contributed by atoms with Gasteiger partial charge >= 0.3 is 6.18 Å². The molecule has 0 radical (unpaired) electrons. The molecule has 0 spiro atoms. The van der Waals surface area contributed by atoms with Crippen molar-refractivity contribution in [1.29, 1.82) is 0 Å². The van der Waals surface area contributed by atoms with E-state index in [1.165, 1.54) is 4.90 Å². The summed E-state index contributed by atoms with van der Waals surface area (Å²) in [6.45, 7) is 1.62. The Morgan fingerprint density at radius 3 is 2.04 bits per heavy atom. The van der Waals surface area contributed by atoms with Crippen LogP contribution in [0.25, 0.3) is 0 Å². The van der Waals surface area contributed by atoms with Gasteiger partial charge in [0.25, 0.3) is 0 Å². The predicted octanol–water partition coefficient (Wildman–Crippen LogP) is 2.41. The molecule has 1 fully saturated rings. The van der Waals surface area contributed by atoms with E-state index in [1.807, 2.05) is 6.07 Å². The Kier molecular flexibility index (Phi) is 8.52. The van der Waals surface area contributed by atoms with Crippen LogP contribution in [0.5, 0.6) is 0 Å². The Hall–Kier alpha value is -1.02. The van der Waals surface area contributed by atoms with Gasteiger partial charge in [0.15, 0.2) is 0 Å². The number of nitrogens with two attached hydrogens (primary N) is 1. The monoisotopic (exact) mass is 387 g/mol. The van der Waals surface area contributed by atoms with Crippen LogP contribution in [0.4, 0.5) is 13.2 Å². The van der Waals surface area contributed by atoms with E-state index in [9.17, 15) is 18.0 Å². The maximum absolute atomic E-state index is 12.6. The Morgan fingerprint density at radius 2 is 1.58 bits per heavy atom. The molecule has 1 unspecified atom stereocenters. The molecule has 2 rings (SSSR count). The van der Waals surface area contributed by atoms with Gasteiger partial charge in [0.2, 0.25) is 5.91 Å². The molecule has 1 atom stereocenters. The molecule has 0 saturated carbocycles. The average molecular weight is 388 g/mol. The first-order chi connectivity index (χ1) is 10.2. The van der Waals surface area contributed by atoms with Gasteiger partial charge < -0.3 is 10.6 Å². The standard InChI is InChI=1S/C15H20F3N3O.2ClH/c1-14(19,12-5-3-2-4-6-12)13(22)21-9-7-20(8-10-21)11-15(16,17)18;;/h2-6H,7-11,19H2,1H3;2*1H.